The molecular weight excluding hydrogens is 291 g/mol. The number of rotatable bonds is 2. The molecule has 1 aromatic heterocycles. The molecule has 0 radical (unpaired) electrons. The molecule has 1 nitrogen and oxygen atoms in total. The van der Waals surface area contributed by atoms with Gasteiger partial charge in [-0.15, -0.1) is 11.3 Å². The molecular formula is C12H10BrFOS. The Morgan fingerprint density at radius 2 is 2.19 bits per heavy atom. The molecule has 0 aliphatic heterocycles. The maximum Gasteiger partial charge on any atom is 0.130 e. The number of hydrogen-bond acceptors (Lipinski definition) is 2. The SMILES string of the molecule is Cc1cc(C(O)c2c(F)cccc2Br)cs1. The number of thiophene rings is 1. The lowest BCUT2D eigenvalue weighted by Gasteiger charge is -2.12. The van der Waals surface area contributed by atoms with Crippen molar-refractivity contribution in [3.05, 3.63) is 55.9 Å². The Kier molecular flexibility index (Phi) is 3.42. The van der Waals surface area contributed by atoms with Crippen molar-refractivity contribution in [3.63, 3.8) is 0 Å². The Morgan fingerprint density at radius 3 is 2.75 bits per heavy atom. The molecule has 0 saturated carbocycles. The van der Waals surface area contributed by atoms with E-state index in [1.165, 1.54) is 6.07 Å². The lowest BCUT2D eigenvalue weighted by molar-refractivity contribution is 0.214. The van der Waals surface area contributed by atoms with E-state index in [9.17, 15) is 9.50 Å². The third-order valence-electron chi connectivity index (χ3n) is 2.34. The highest BCUT2D eigenvalue weighted by molar-refractivity contribution is 9.10. The monoisotopic (exact) mass is 300 g/mol. The molecule has 2 aromatic rings. The standard InChI is InChI=1S/C12H10BrFOS/c1-7-5-8(6-16-7)12(15)11-9(13)3-2-4-10(11)14/h2-6,12,15H,1H3. The van der Waals surface area contributed by atoms with Crippen molar-refractivity contribution in [2.24, 2.45) is 0 Å². The highest BCUT2D eigenvalue weighted by atomic mass is 79.9. The summed E-state index contributed by atoms with van der Waals surface area (Å²) in [5.41, 5.74) is 1.02. The van der Waals surface area contributed by atoms with Gasteiger partial charge in [0.05, 0.1) is 0 Å². The Labute approximate surface area is 106 Å². The van der Waals surface area contributed by atoms with Crippen LogP contribution in [0.2, 0.25) is 0 Å². The predicted molar refractivity (Wildman–Crippen MR) is 67.2 cm³/mol. The van der Waals surface area contributed by atoms with Crippen molar-refractivity contribution in [1.82, 2.24) is 0 Å². The lowest BCUT2D eigenvalue weighted by atomic mass is 10.0. The van der Waals surface area contributed by atoms with E-state index in [-0.39, 0.29) is 0 Å². The van der Waals surface area contributed by atoms with Crippen LogP contribution in [-0.4, -0.2) is 5.11 Å². The van der Waals surface area contributed by atoms with Gasteiger partial charge in [-0.05, 0) is 36.1 Å². The van der Waals surface area contributed by atoms with Crippen molar-refractivity contribution in [3.8, 4) is 0 Å². The largest absolute Gasteiger partial charge is 0.383 e. The fraction of sp³-hybridized carbons (Fsp3) is 0.167. The van der Waals surface area contributed by atoms with Gasteiger partial charge in [-0.2, -0.15) is 0 Å². The number of hydrogen-bond donors (Lipinski definition) is 1. The van der Waals surface area contributed by atoms with Crippen LogP contribution in [-0.2, 0) is 0 Å². The Bertz CT molecular complexity index is 489. The quantitative estimate of drug-likeness (QED) is 0.887. The third-order valence-corrected chi connectivity index (χ3v) is 3.91. The second kappa shape index (κ2) is 4.65. The summed E-state index contributed by atoms with van der Waals surface area (Å²) in [6, 6.07) is 6.55. The van der Waals surface area contributed by atoms with E-state index in [1.54, 1.807) is 23.5 Å². The van der Waals surface area contributed by atoms with Gasteiger partial charge in [0.15, 0.2) is 0 Å². The van der Waals surface area contributed by atoms with Gasteiger partial charge in [-0.1, -0.05) is 22.0 Å². The summed E-state index contributed by atoms with van der Waals surface area (Å²) in [6.45, 7) is 1.96. The van der Waals surface area contributed by atoms with E-state index < -0.39 is 11.9 Å². The summed E-state index contributed by atoms with van der Waals surface area (Å²) in [6.07, 6.45) is -0.916. The van der Waals surface area contributed by atoms with Crippen LogP contribution >= 0.6 is 27.3 Å². The average Bonchev–Trinajstić information content (AvgIpc) is 2.64. The second-order valence-corrected chi connectivity index (χ2v) is 5.50. The summed E-state index contributed by atoms with van der Waals surface area (Å²) in [7, 11) is 0. The van der Waals surface area contributed by atoms with Gasteiger partial charge in [0.2, 0.25) is 0 Å². The predicted octanol–water partition coefficient (Wildman–Crippen LogP) is 4.04. The summed E-state index contributed by atoms with van der Waals surface area (Å²) in [4.78, 5) is 1.10. The Hall–Kier alpha value is -0.710. The van der Waals surface area contributed by atoms with Crippen LogP contribution in [0.3, 0.4) is 0 Å². The highest BCUT2D eigenvalue weighted by Crippen LogP contribution is 2.32. The molecule has 0 aliphatic carbocycles. The zero-order valence-electron chi connectivity index (χ0n) is 8.58. The number of aliphatic hydroxyl groups excluding tert-OH is 1. The first kappa shape index (κ1) is 11.8. The molecule has 0 bridgehead atoms. The molecule has 0 spiro atoms. The van der Waals surface area contributed by atoms with Gasteiger partial charge < -0.3 is 5.11 Å². The van der Waals surface area contributed by atoms with Crippen LogP contribution in [0, 0.1) is 12.7 Å². The summed E-state index contributed by atoms with van der Waals surface area (Å²) in [5.74, 6) is -0.397. The summed E-state index contributed by atoms with van der Waals surface area (Å²) >= 11 is 4.80. The Balaban J connectivity index is 2.45. The van der Waals surface area contributed by atoms with Crippen LogP contribution in [0.15, 0.2) is 34.1 Å². The summed E-state index contributed by atoms with van der Waals surface area (Å²) < 4.78 is 14.2. The molecule has 1 N–H and O–H groups in total. The first-order valence-corrected chi connectivity index (χ1v) is 6.44. The van der Waals surface area contributed by atoms with E-state index in [0.29, 0.717) is 10.0 Å². The van der Waals surface area contributed by atoms with Gasteiger partial charge in [-0.25, -0.2) is 4.39 Å². The Morgan fingerprint density at radius 1 is 1.44 bits per heavy atom. The zero-order chi connectivity index (χ0) is 11.7. The smallest absolute Gasteiger partial charge is 0.130 e. The van der Waals surface area contributed by atoms with Crippen molar-refractivity contribution in [2.75, 3.05) is 0 Å². The van der Waals surface area contributed by atoms with Gasteiger partial charge in [-0.3, -0.25) is 0 Å². The van der Waals surface area contributed by atoms with Crippen molar-refractivity contribution < 1.29 is 9.50 Å². The molecule has 1 atom stereocenters. The van der Waals surface area contributed by atoms with E-state index in [2.05, 4.69) is 15.9 Å². The molecule has 84 valence electrons. The number of benzene rings is 1. The topological polar surface area (TPSA) is 20.2 Å². The van der Waals surface area contributed by atoms with E-state index in [1.807, 2.05) is 18.4 Å². The molecule has 0 aliphatic rings. The molecule has 16 heavy (non-hydrogen) atoms. The molecule has 1 aromatic carbocycles. The van der Waals surface area contributed by atoms with E-state index >= 15 is 0 Å². The second-order valence-electron chi connectivity index (χ2n) is 3.53. The average molecular weight is 301 g/mol. The number of aryl methyl sites for hydroxylation is 1. The minimum Gasteiger partial charge on any atom is -0.383 e. The minimum atomic E-state index is -0.916. The van der Waals surface area contributed by atoms with Crippen LogP contribution in [0.25, 0.3) is 0 Å². The number of aliphatic hydroxyl groups is 1. The first-order chi connectivity index (χ1) is 7.59. The number of halogens is 2. The fourth-order valence-corrected chi connectivity index (χ4v) is 2.83. The first-order valence-electron chi connectivity index (χ1n) is 4.76. The van der Waals surface area contributed by atoms with Gasteiger partial charge in [0, 0.05) is 14.9 Å². The molecule has 4 heteroatoms. The lowest BCUT2D eigenvalue weighted by Crippen LogP contribution is -2.02. The molecule has 0 amide bonds. The van der Waals surface area contributed by atoms with E-state index in [0.717, 1.165) is 10.4 Å². The van der Waals surface area contributed by atoms with Crippen LogP contribution in [0.1, 0.15) is 22.1 Å². The van der Waals surface area contributed by atoms with Gasteiger partial charge in [0.25, 0.3) is 0 Å². The van der Waals surface area contributed by atoms with Crippen LogP contribution < -0.4 is 0 Å². The maximum absolute atomic E-state index is 13.6. The highest BCUT2D eigenvalue weighted by Gasteiger charge is 2.18. The molecule has 2 rings (SSSR count). The maximum atomic E-state index is 13.6. The molecule has 0 fully saturated rings. The molecule has 0 saturated heterocycles. The van der Waals surface area contributed by atoms with Crippen LogP contribution in [0.4, 0.5) is 4.39 Å². The normalized spacial score (nSPS) is 12.8. The van der Waals surface area contributed by atoms with Gasteiger partial charge >= 0.3 is 0 Å². The zero-order valence-corrected chi connectivity index (χ0v) is 11.0. The van der Waals surface area contributed by atoms with Gasteiger partial charge in [0.1, 0.15) is 11.9 Å². The molecule has 1 unspecified atom stereocenters. The van der Waals surface area contributed by atoms with Crippen LogP contribution in [0.5, 0.6) is 0 Å². The fourth-order valence-electron chi connectivity index (χ4n) is 1.55. The minimum absolute atomic E-state index is 0.292. The van der Waals surface area contributed by atoms with Crippen molar-refractivity contribution in [2.45, 2.75) is 13.0 Å². The molecule has 1 heterocycles. The van der Waals surface area contributed by atoms with Crippen molar-refractivity contribution >= 4 is 27.3 Å². The van der Waals surface area contributed by atoms with E-state index in [4.69, 9.17) is 0 Å². The van der Waals surface area contributed by atoms with Crippen molar-refractivity contribution in [1.29, 1.82) is 0 Å². The third kappa shape index (κ3) is 2.19. The summed E-state index contributed by atoms with van der Waals surface area (Å²) in [5, 5.41) is 11.9.